The molecule has 0 heterocycles. The molecule has 116 valence electrons. The van der Waals surface area contributed by atoms with Crippen molar-refractivity contribution in [3.05, 3.63) is 35.9 Å². The minimum Gasteiger partial charge on any atom is -0.550 e. The van der Waals surface area contributed by atoms with E-state index in [0.717, 1.165) is 0 Å². The van der Waals surface area contributed by atoms with Crippen molar-refractivity contribution in [1.29, 1.82) is 0 Å². The summed E-state index contributed by atoms with van der Waals surface area (Å²) < 4.78 is 5.55. The highest BCUT2D eigenvalue weighted by atomic mass is 16.6. The van der Waals surface area contributed by atoms with Gasteiger partial charge in [0.1, 0.15) is 6.54 Å². The van der Waals surface area contributed by atoms with Gasteiger partial charge in [-0.2, -0.15) is 0 Å². The summed E-state index contributed by atoms with van der Waals surface area (Å²) in [6, 6.07) is 8.34. The van der Waals surface area contributed by atoms with Crippen molar-refractivity contribution < 1.29 is 29.0 Å². The lowest BCUT2D eigenvalue weighted by Crippen LogP contribution is -2.45. The third-order valence-corrected chi connectivity index (χ3v) is 2.77. The minimum absolute atomic E-state index is 0.307. The molecule has 1 N–H and O–H groups in total. The third-order valence-electron chi connectivity index (χ3n) is 2.77. The topological polar surface area (TPSA) is 86.7 Å². The summed E-state index contributed by atoms with van der Waals surface area (Å²) in [6.07, 6.45) is -2.67. The molecule has 6 nitrogen and oxygen atoms in total. The van der Waals surface area contributed by atoms with Gasteiger partial charge in [0.15, 0.2) is 12.2 Å². The maximum absolute atomic E-state index is 11.9. The predicted octanol–water partition coefficient (Wildman–Crippen LogP) is -0.522. The van der Waals surface area contributed by atoms with E-state index in [1.165, 1.54) is 0 Å². The van der Waals surface area contributed by atoms with Crippen LogP contribution in [0.4, 0.5) is 0 Å². The van der Waals surface area contributed by atoms with Crippen LogP contribution in [0.15, 0.2) is 30.3 Å². The molecule has 21 heavy (non-hydrogen) atoms. The molecule has 1 aromatic rings. The van der Waals surface area contributed by atoms with Gasteiger partial charge < -0.3 is 24.2 Å². The van der Waals surface area contributed by atoms with E-state index in [-0.39, 0.29) is 0 Å². The van der Waals surface area contributed by atoms with Gasteiger partial charge in [-0.15, -0.1) is 0 Å². The molecule has 0 unspecified atom stereocenters. The molecule has 6 heteroatoms. The highest BCUT2D eigenvalue weighted by Gasteiger charge is 2.26. The van der Waals surface area contributed by atoms with E-state index >= 15 is 0 Å². The lowest BCUT2D eigenvalue weighted by molar-refractivity contribution is -0.873. The number of hydrogen-bond acceptors (Lipinski definition) is 5. The summed E-state index contributed by atoms with van der Waals surface area (Å²) in [5, 5.41) is 20.7. The number of hydrogen-bond donors (Lipinski definition) is 1. The average molecular weight is 295 g/mol. The van der Waals surface area contributed by atoms with Gasteiger partial charge in [0.05, 0.1) is 21.1 Å². The Morgan fingerprint density at radius 1 is 1.24 bits per heavy atom. The van der Waals surface area contributed by atoms with Crippen molar-refractivity contribution in [1.82, 2.24) is 0 Å². The van der Waals surface area contributed by atoms with Crippen LogP contribution in [0.25, 0.3) is 0 Å². The molecule has 0 aromatic heterocycles. The highest BCUT2D eigenvalue weighted by molar-refractivity contribution is 5.76. The molecule has 0 bridgehead atoms. The molecule has 1 aromatic carbocycles. The van der Waals surface area contributed by atoms with Gasteiger partial charge in [0, 0.05) is 12.4 Å². The van der Waals surface area contributed by atoms with Crippen LogP contribution in [0.2, 0.25) is 0 Å². The smallest absolute Gasteiger partial charge is 0.340 e. The second kappa shape index (κ2) is 7.19. The maximum Gasteiger partial charge on any atom is 0.340 e. The SMILES string of the molecule is C[N+](C)(C)C[C@@H](CC(=O)[O-])OC(=O)[C@H](O)c1ccccc1. The lowest BCUT2D eigenvalue weighted by atomic mass is 10.1. The first-order chi connectivity index (χ1) is 9.69. The van der Waals surface area contributed by atoms with Crippen LogP contribution in [0.5, 0.6) is 0 Å². The molecule has 0 radical (unpaired) electrons. The van der Waals surface area contributed by atoms with Crippen LogP contribution in [0.3, 0.4) is 0 Å². The number of carboxylic acid groups (broad SMARTS) is 1. The number of benzene rings is 1. The molecule has 0 amide bonds. The summed E-state index contributed by atoms with van der Waals surface area (Å²) in [4.78, 5) is 22.7. The van der Waals surface area contributed by atoms with Crippen molar-refractivity contribution >= 4 is 11.9 Å². The summed E-state index contributed by atoms with van der Waals surface area (Å²) in [7, 11) is 5.55. The number of quaternary nitrogens is 1. The summed E-state index contributed by atoms with van der Waals surface area (Å²) in [5.74, 6) is -2.16. The molecule has 2 atom stereocenters. The molecule has 0 aliphatic carbocycles. The number of aliphatic hydroxyl groups excluding tert-OH is 1. The van der Waals surface area contributed by atoms with Crippen LogP contribution in [0.1, 0.15) is 18.1 Å². The van der Waals surface area contributed by atoms with Gasteiger partial charge in [-0.05, 0) is 5.56 Å². The van der Waals surface area contributed by atoms with Crippen molar-refractivity contribution in [2.45, 2.75) is 18.6 Å². The molecule has 0 aliphatic rings. The van der Waals surface area contributed by atoms with Gasteiger partial charge >= 0.3 is 5.97 Å². The predicted molar refractivity (Wildman–Crippen MR) is 73.8 cm³/mol. The van der Waals surface area contributed by atoms with Crippen molar-refractivity contribution in [2.24, 2.45) is 0 Å². The second-order valence-corrected chi connectivity index (χ2v) is 5.92. The summed E-state index contributed by atoms with van der Waals surface area (Å²) in [5.41, 5.74) is 0.403. The van der Waals surface area contributed by atoms with E-state index in [1.807, 2.05) is 21.1 Å². The monoisotopic (exact) mass is 295 g/mol. The number of carbonyl (C=O) groups is 2. The minimum atomic E-state index is -1.43. The first kappa shape index (κ1) is 17.1. The van der Waals surface area contributed by atoms with Crippen LogP contribution < -0.4 is 5.11 Å². The Kier molecular flexibility index (Phi) is 5.87. The van der Waals surface area contributed by atoms with E-state index in [2.05, 4.69) is 0 Å². The number of aliphatic hydroxyl groups is 1. The molecular formula is C15H21NO5. The Morgan fingerprint density at radius 3 is 2.29 bits per heavy atom. The molecule has 0 saturated heterocycles. The normalized spacial score (nSPS) is 14.3. The zero-order chi connectivity index (χ0) is 16.0. The average Bonchev–Trinajstić information content (AvgIpc) is 2.36. The number of esters is 1. The molecule has 0 fully saturated rings. The van der Waals surface area contributed by atoms with E-state index in [9.17, 15) is 19.8 Å². The Bertz CT molecular complexity index is 481. The van der Waals surface area contributed by atoms with Gasteiger partial charge in [-0.1, -0.05) is 30.3 Å². The number of carboxylic acids is 1. The Balaban J connectivity index is 2.73. The molecule has 0 saturated carbocycles. The van der Waals surface area contributed by atoms with Crippen molar-refractivity contribution in [3.63, 3.8) is 0 Å². The first-order valence-corrected chi connectivity index (χ1v) is 6.63. The van der Waals surface area contributed by atoms with E-state index in [0.29, 0.717) is 16.6 Å². The fraction of sp³-hybridized carbons (Fsp3) is 0.467. The quantitative estimate of drug-likeness (QED) is 0.540. The van der Waals surface area contributed by atoms with Crippen molar-refractivity contribution in [3.8, 4) is 0 Å². The third kappa shape index (κ3) is 6.37. The Hall–Kier alpha value is -1.92. The number of rotatable bonds is 7. The first-order valence-electron chi connectivity index (χ1n) is 6.63. The lowest BCUT2D eigenvalue weighted by Gasteiger charge is -2.29. The second-order valence-electron chi connectivity index (χ2n) is 5.92. The van der Waals surface area contributed by atoms with Crippen LogP contribution in [-0.4, -0.2) is 55.3 Å². The number of likely N-dealkylation sites (N-methyl/N-ethyl adjacent to an activating group) is 1. The number of carbonyl (C=O) groups excluding carboxylic acids is 2. The van der Waals surface area contributed by atoms with Gasteiger partial charge in [0.2, 0.25) is 0 Å². The summed E-state index contributed by atoms with van der Waals surface area (Å²) in [6.45, 7) is 0.307. The standard InChI is InChI=1S/C15H21NO5/c1-16(2,3)10-12(9-13(17)18)21-15(20)14(19)11-7-5-4-6-8-11/h4-8,12,14,19H,9-10H2,1-3H3/t12-,14-/m1/s1. The number of nitrogens with zero attached hydrogens (tertiary/aromatic N) is 1. The van der Waals surface area contributed by atoms with Crippen LogP contribution in [-0.2, 0) is 14.3 Å². The van der Waals surface area contributed by atoms with Gasteiger partial charge in [0.25, 0.3) is 0 Å². The molecule has 0 aliphatic heterocycles. The van der Waals surface area contributed by atoms with Crippen molar-refractivity contribution in [2.75, 3.05) is 27.7 Å². The number of ether oxygens (including phenoxy) is 1. The van der Waals surface area contributed by atoms with E-state index in [1.54, 1.807) is 30.3 Å². The Morgan fingerprint density at radius 2 is 1.81 bits per heavy atom. The molecular weight excluding hydrogens is 274 g/mol. The zero-order valence-corrected chi connectivity index (χ0v) is 12.5. The maximum atomic E-state index is 11.9. The highest BCUT2D eigenvalue weighted by Crippen LogP contribution is 2.16. The molecule has 0 spiro atoms. The van der Waals surface area contributed by atoms with Gasteiger partial charge in [-0.3, -0.25) is 0 Å². The van der Waals surface area contributed by atoms with Crippen LogP contribution in [0, 0.1) is 0 Å². The summed E-state index contributed by atoms with van der Waals surface area (Å²) >= 11 is 0. The Labute approximate surface area is 124 Å². The number of aliphatic carboxylic acids is 1. The fourth-order valence-electron chi connectivity index (χ4n) is 1.94. The largest absolute Gasteiger partial charge is 0.550 e. The molecule has 1 rings (SSSR count). The fourth-order valence-corrected chi connectivity index (χ4v) is 1.94. The van der Waals surface area contributed by atoms with Crippen LogP contribution >= 0.6 is 0 Å². The van der Waals surface area contributed by atoms with E-state index in [4.69, 9.17) is 4.74 Å². The zero-order valence-electron chi connectivity index (χ0n) is 12.5. The van der Waals surface area contributed by atoms with Gasteiger partial charge in [-0.25, -0.2) is 4.79 Å². The van der Waals surface area contributed by atoms with E-state index < -0.39 is 30.6 Å².